The maximum atomic E-state index is 9.89. The maximum absolute atomic E-state index is 9.89. The third-order valence-electron chi connectivity index (χ3n) is 1.01. The number of hydrogen-bond donors (Lipinski definition) is 3. The summed E-state index contributed by atoms with van der Waals surface area (Å²) in [5.41, 5.74) is 0. The van der Waals surface area contributed by atoms with Crippen LogP contribution in [0.3, 0.4) is 0 Å². The molecule has 0 spiro atoms. The van der Waals surface area contributed by atoms with Crippen LogP contribution in [0.2, 0.25) is 5.82 Å². The fraction of sp³-hybridized carbons (Fsp3) is 0.750. The average molecular weight is 132 g/mol. The summed E-state index contributed by atoms with van der Waals surface area (Å²) in [5.74, 6) is -1.61. The minimum atomic E-state index is -1.53. The molecular formula is C4H9BO4. The molecule has 3 N–H and O–H groups in total. The van der Waals surface area contributed by atoms with Gasteiger partial charge in [0.15, 0.2) is 0 Å². The highest BCUT2D eigenvalue weighted by Crippen LogP contribution is 2.09. The molecule has 0 rings (SSSR count). The van der Waals surface area contributed by atoms with Gasteiger partial charge in [-0.2, -0.15) is 0 Å². The quantitative estimate of drug-likeness (QED) is 0.444. The van der Waals surface area contributed by atoms with Crippen molar-refractivity contribution in [3.05, 3.63) is 0 Å². The summed E-state index contributed by atoms with van der Waals surface area (Å²) in [6.45, 7) is 1.46. The first-order valence-corrected chi connectivity index (χ1v) is 2.62. The van der Waals surface area contributed by atoms with E-state index in [-0.39, 0.29) is 6.42 Å². The lowest BCUT2D eigenvalue weighted by Crippen LogP contribution is -2.20. The second-order valence-electron chi connectivity index (χ2n) is 1.99. The molecule has 0 saturated heterocycles. The van der Waals surface area contributed by atoms with Gasteiger partial charge in [-0.05, 0) is 0 Å². The van der Waals surface area contributed by atoms with Crippen LogP contribution in [0, 0.1) is 0 Å². The van der Waals surface area contributed by atoms with Crippen molar-refractivity contribution in [1.82, 2.24) is 0 Å². The van der Waals surface area contributed by atoms with Gasteiger partial charge in [-0.15, -0.1) is 0 Å². The zero-order chi connectivity index (χ0) is 7.44. The molecule has 4 nitrogen and oxygen atoms in total. The molecule has 1 atom stereocenters. The first-order chi connectivity index (χ1) is 4.04. The van der Waals surface area contributed by atoms with Gasteiger partial charge in [0.1, 0.15) is 0 Å². The fourth-order valence-corrected chi connectivity index (χ4v) is 0.381. The number of rotatable bonds is 3. The van der Waals surface area contributed by atoms with Crippen LogP contribution in [-0.2, 0) is 4.79 Å². The minimum Gasteiger partial charge on any atom is -0.481 e. The van der Waals surface area contributed by atoms with Crippen molar-refractivity contribution >= 4 is 13.1 Å². The van der Waals surface area contributed by atoms with Crippen LogP contribution in [0.15, 0.2) is 0 Å². The first-order valence-electron chi connectivity index (χ1n) is 2.62. The normalized spacial score (nSPS) is 12.8. The lowest BCUT2D eigenvalue weighted by molar-refractivity contribution is -0.137. The Kier molecular flexibility index (Phi) is 3.26. The van der Waals surface area contributed by atoms with Crippen LogP contribution >= 0.6 is 0 Å². The van der Waals surface area contributed by atoms with Crippen molar-refractivity contribution in [2.24, 2.45) is 0 Å². The zero-order valence-electron chi connectivity index (χ0n) is 5.11. The smallest absolute Gasteiger partial charge is 0.455 e. The van der Waals surface area contributed by atoms with E-state index in [4.69, 9.17) is 15.2 Å². The third kappa shape index (κ3) is 3.99. The first kappa shape index (κ1) is 8.45. The molecule has 5 heteroatoms. The number of carboxylic acid groups (broad SMARTS) is 1. The Bertz CT molecular complexity index is 103. The van der Waals surface area contributed by atoms with Gasteiger partial charge in [0.25, 0.3) is 0 Å². The second-order valence-corrected chi connectivity index (χ2v) is 1.99. The van der Waals surface area contributed by atoms with E-state index < -0.39 is 18.9 Å². The molecular weight excluding hydrogens is 123 g/mol. The van der Waals surface area contributed by atoms with Crippen LogP contribution in [0.1, 0.15) is 13.3 Å². The number of aliphatic carboxylic acids is 1. The maximum Gasteiger partial charge on any atom is 0.455 e. The fourth-order valence-electron chi connectivity index (χ4n) is 0.381. The van der Waals surface area contributed by atoms with E-state index >= 15 is 0 Å². The summed E-state index contributed by atoms with van der Waals surface area (Å²) < 4.78 is 0. The number of carboxylic acids is 1. The van der Waals surface area contributed by atoms with Gasteiger partial charge in [0.05, 0.1) is 0 Å². The van der Waals surface area contributed by atoms with Gasteiger partial charge in [-0.1, -0.05) is 6.92 Å². The highest BCUT2D eigenvalue weighted by Gasteiger charge is 2.20. The Morgan fingerprint density at radius 1 is 1.67 bits per heavy atom. The third-order valence-corrected chi connectivity index (χ3v) is 1.01. The van der Waals surface area contributed by atoms with E-state index in [1.54, 1.807) is 0 Å². The molecule has 52 valence electrons. The molecule has 0 bridgehead atoms. The van der Waals surface area contributed by atoms with Crippen molar-refractivity contribution in [2.75, 3.05) is 0 Å². The topological polar surface area (TPSA) is 77.8 Å². The molecule has 0 amide bonds. The summed E-state index contributed by atoms with van der Waals surface area (Å²) >= 11 is 0. The Labute approximate surface area is 53.3 Å². The van der Waals surface area contributed by atoms with Crippen LogP contribution in [0.25, 0.3) is 0 Å². The lowest BCUT2D eigenvalue weighted by Gasteiger charge is -2.03. The molecule has 1 unspecified atom stereocenters. The molecule has 0 heterocycles. The standard InChI is InChI=1S/C4H9BO4/c1-3(5(8)9)2-4(6)7/h3,8-9H,2H2,1H3,(H,6,7). The highest BCUT2D eigenvalue weighted by molar-refractivity contribution is 6.43. The summed E-state index contributed by atoms with van der Waals surface area (Å²) in [6, 6.07) is 0. The molecule has 0 aromatic heterocycles. The molecule has 0 aromatic carbocycles. The van der Waals surface area contributed by atoms with Crippen LogP contribution in [-0.4, -0.2) is 28.2 Å². The minimum absolute atomic E-state index is 0.211. The lowest BCUT2D eigenvalue weighted by atomic mass is 9.72. The van der Waals surface area contributed by atoms with Gasteiger partial charge in [0.2, 0.25) is 0 Å². The molecule has 9 heavy (non-hydrogen) atoms. The zero-order valence-corrected chi connectivity index (χ0v) is 5.11. The molecule has 0 aliphatic carbocycles. The van der Waals surface area contributed by atoms with E-state index in [1.807, 2.05) is 0 Å². The average Bonchev–Trinajstić information content (AvgIpc) is 1.63. The van der Waals surface area contributed by atoms with Crippen LogP contribution in [0.5, 0.6) is 0 Å². The Balaban J connectivity index is 3.50. The van der Waals surface area contributed by atoms with Gasteiger partial charge in [-0.3, -0.25) is 4.79 Å². The molecule has 0 aliphatic heterocycles. The summed E-state index contributed by atoms with van der Waals surface area (Å²) in [6.07, 6.45) is -0.211. The van der Waals surface area contributed by atoms with Gasteiger partial charge < -0.3 is 15.2 Å². The van der Waals surface area contributed by atoms with Crippen LogP contribution < -0.4 is 0 Å². The Morgan fingerprint density at radius 3 is 2.22 bits per heavy atom. The van der Waals surface area contributed by atoms with E-state index in [9.17, 15) is 4.79 Å². The van der Waals surface area contributed by atoms with Crippen molar-refractivity contribution in [1.29, 1.82) is 0 Å². The predicted molar refractivity (Wildman–Crippen MR) is 31.9 cm³/mol. The molecule has 0 aromatic rings. The molecule has 0 fully saturated rings. The van der Waals surface area contributed by atoms with E-state index in [0.29, 0.717) is 0 Å². The monoisotopic (exact) mass is 132 g/mol. The number of carbonyl (C=O) groups is 1. The number of hydrogen-bond acceptors (Lipinski definition) is 3. The summed E-state index contributed by atoms with van der Waals surface area (Å²) in [7, 11) is -1.53. The highest BCUT2D eigenvalue weighted by atomic mass is 16.4. The SMILES string of the molecule is CC(CC(=O)O)B(O)O. The summed E-state index contributed by atoms with van der Waals surface area (Å²) in [5, 5.41) is 24.8. The molecule has 0 radical (unpaired) electrons. The predicted octanol–water partition coefficient (Wildman–Crippen LogP) is -0.676. The van der Waals surface area contributed by atoms with Crippen molar-refractivity contribution in [3.8, 4) is 0 Å². The summed E-state index contributed by atoms with van der Waals surface area (Å²) in [4.78, 5) is 9.89. The largest absolute Gasteiger partial charge is 0.481 e. The van der Waals surface area contributed by atoms with Crippen molar-refractivity contribution < 1.29 is 19.9 Å². The second kappa shape index (κ2) is 3.47. The van der Waals surface area contributed by atoms with Gasteiger partial charge in [-0.25, -0.2) is 0 Å². The van der Waals surface area contributed by atoms with Gasteiger partial charge in [0, 0.05) is 12.2 Å². The van der Waals surface area contributed by atoms with E-state index in [1.165, 1.54) is 6.92 Å². The van der Waals surface area contributed by atoms with Gasteiger partial charge >= 0.3 is 13.1 Å². The van der Waals surface area contributed by atoms with Crippen LogP contribution in [0.4, 0.5) is 0 Å². The van der Waals surface area contributed by atoms with E-state index in [2.05, 4.69) is 0 Å². The molecule has 0 aliphatic rings. The Hall–Kier alpha value is -0.545. The van der Waals surface area contributed by atoms with Crippen molar-refractivity contribution in [3.63, 3.8) is 0 Å². The van der Waals surface area contributed by atoms with E-state index in [0.717, 1.165) is 0 Å². The molecule has 0 saturated carbocycles. The Morgan fingerprint density at radius 2 is 2.11 bits per heavy atom. The van der Waals surface area contributed by atoms with Crippen molar-refractivity contribution in [2.45, 2.75) is 19.2 Å².